The monoisotopic (exact) mass is 439 g/mol. The maximum Gasteiger partial charge on any atom is 0.328 e. The highest BCUT2D eigenvalue weighted by Crippen LogP contribution is 2.57. The molecule has 1 aliphatic carbocycles. The molecule has 0 bridgehead atoms. The van der Waals surface area contributed by atoms with Crippen molar-refractivity contribution < 1.29 is 14.3 Å². The number of benzene rings is 2. The van der Waals surface area contributed by atoms with Crippen LogP contribution in [0.5, 0.6) is 0 Å². The summed E-state index contributed by atoms with van der Waals surface area (Å²) in [6.45, 7) is 1.82. The molecule has 2 aromatic carbocycles. The summed E-state index contributed by atoms with van der Waals surface area (Å²) >= 11 is 3.79. The van der Waals surface area contributed by atoms with Crippen LogP contribution in [0, 0.1) is 5.92 Å². The number of Topliss-reactive ketones (excluding diaryl/α,β-unsaturated/α-hetero) is 1. The molecule has 144 valence electrons. The van der Waals surface area contributed by atoms with E-state index < -0.39 is 6.04 Å². The van der Waals surface area contributed by atoms with Crippen molar-refractivity contribution in [1.29, 1.82) is 0 Å². The Morgan fingerprint density at radius 3 is 2.25 bits per heavy atom. The van der Waals surface area contributed by atoms with Crippen LogP contribution < -0.4 is 0 Å². The van der Waals surface area contributed by atoms with Crippen molar-refractivity contribution in [1.82, 2.24) is 4.90 Å². The van der Waals surface area contributed by atoms with Gasteiger partial charge in [-0.1, -0.05) is 76.6 Å². The van der Waals surface area contributed by atoms with E-state index in [1.807, 2.05) is 66.6 Å². The van der Waals surface area contributed by atoms with Crippen LogP contribution in [-0.2, 0) is 9.53 Å². The minimum Gasteiger partial charge on any atom is -0.467 e. The van der Waals surface area contributed by atoms with E-state index in [0.29, 0.717) is 5.56 Å². The van der Waals surface area contributed by atoms with Crippen LogP contribution in [0.4, 0.5) is 0 Å². The third kappa shape index (κ3) is 3.18. The SMILES string of the molecule is COC(=O)C(C)N1C=C(C(=O)c2ccccc2)C(c2ccccc2)C2C(Br)C21. The Hall–Kier alpha value is -2.40. The molecule has 2 aliphatic rings. The average molecular weight is 440 g/mol. The van der Waals surface area contributed by atoms with Crippen LogP contribution >= 0.6 is 15.9 Å². The third-order valence-corrected chi connectivity index (χ3v) is 6.90. The molecule has 1 saturated carbocycles. The molecule has 4 rings (SSSR count). The number of esters is 1. The van der Waals surface area contributed by atoms with E-state index in [-0.39, 0.29) is 34.5 Å². The number of nitrogens with zero attached hydrogens (tertiary/aromatic N) is 1. The highest BCUT2D eigenvalue weighted by atomic mass is 79.9. The van der Waals surface area contributed by atoms with Crippen molar-refractivity contribution in [2.24, 2.45) is 5.92 Å². The molecule has 5 unspecified atom stereocenters. The number of ether oxygens (including phenoxy) is 1. The number of carbonyl (C=O) groups is 2. The van der Waals surface area contributed by atoms with Crippen LogP contribution in [0.15, 0.2) is 72.4 Å². The molecular weight excluding hydrogens is 418 g/mol. The van der Waals surface area contributed by atoms with Crippen molar-refractivity contribution in [3.05, 3.63) is 83.6 Å². The summed E-state index contributed by atoms with van der Waals surface area (Å²) in [5.41, 5.74) is 2.50. The Morgan fingerprint density at radius 1 is 1.04 bits per heavy atom. The van der Waals surface area contributed by atoms with Gasteiger partial charge in [0.1, 0.15) is 6.04 Å². The van der Waals surface area contributed by atoms with Gasteiger partial charge >= 0.3 is 5.97 Å². The lowest BCUT2D eigenvalue weighted by atomic mass is 9.81. The van der Waals surface area contributed by atoms with Gasteiger partial charge in [-0.2, -0.15) is 0 Å². The van der Waals surface area contributed by atoms with Gasteiger partial charge in [0.05, 0.1) is 7.11 Å². The van der Waals surface area contributed by atoms with Gasteiger partial charge in [-0.25, -0.2) is 4.79 Å². The molecule has 5 atom stereocenters. The summed E-state index contributed by atoms with van der Waals surface area (Å²) in [5, 5.41) is 0. The number of methoxy groups -OCH3 is 1. The fraction of sp³-hybridized carbons (Fsp3) is 0.304. The Kier molecular flexibility index (Phi) is 5.11. The third-order valence-electron chi connectivity index (χ3n) is 5.75. The Morgan fingerprint density at radius 2 is 1.64 bits per heavy atom. The zero-order chi connectivity index (χ0) is 19.8. The number of alkyl halides is 1. The van der Waals surface area contributed by atoms with Crippen LogP contribution in [0.25, 0.3) is 0 Å². The van der Waals surface area contributed by atoms with Gasteiger partial charge in [-0.15, -0.1) is 0 Å². The molecule has 0 saturated heterocycles. The standard InChI is InChI=1S/C23H22BrNO3/c1-14(23(27)28-2)25-13-17(22(26)16-11-7-4-8-12-16)18(19-20(24)21(19)25)15-9-5-3-6-10-15/h3-14,18-21H,1-2H3. The number of allylic oxidation sites excluding steroid dienone is 1. The van der Waals surface area contributed by atoms with Crippen molar-refractivity contribution in [3.8, 4) is 0 Å². The predicted molar refractivity (Wildman–Crippen MR) is 111 cm³/mol. The minimum atomic E-state index is -0.449. The molecule has 0 amide bonds. The molecule has 0 aromatic heterocycles. The Bertz CT molecular complexity index is 912. The van der Waals surface area contributed by atoms with Crippen molar-refractivity contribution in [2.45, 2.75) is 29.8 Å². The molecule has 0 N–H and O–H groups in total. The topological polar surface area (TPSA) is 46.6 Å². The van der Waals surface area contributed by atoms with Crippen molar-refractivity contribution in [2.75, 3.05) is 7.11 Å². The largest absolute Gasteiger partial charge is 0.467 e. The van der Waals surface area contributed by atoms with Crippen molar-refractivity contribution >= 4 is 27.7 Å². The lowest BCUT2D eigenvalue weighted by Gasteiger charge is -2.34. The van der Waals surface area contributed by atoms with E-state index in [9.17, 15) is 9.59 Å². The number of halogens is 1. The lowest BCUT2D eigenvalue weighted by molar-refractivity contribution is -0.145. The number of carbonyl (C=O) groups excluding carboxylic acids is 2. The number of ketones is 1. The van der Waals surface area contributed by atoms with Gasteiger partial charge in [0.15, 0.2) is 5.78 Å². The smallest absolute Gasteiger partial charge is 0.328 e. The summed E-state index contributed by atoms with van der Waals surface area (Å²) in [5.74, 6) is -0.0839. The first-order valence-corrected chi connectivity index (χ1v) is 10.3. The molecule has 28 heavy (non-hydrogen) atoms. The molecule has 5 heteroatoms. The molecule has 2 aromatic rings. The maximum absolute atomic E-state index is 13.4. The van der Waals surface area contributed by atoms with E-state index in [4.69, 9.17) is 4.74 Å². The normalized spacial score (nSPS) is 26.7. The molecule has 1 fully saturated rings. The zero-order valence-corrected chi connectivity index (χ0v) is 17.4. The minimum absolute atomic E-state index is 0.00145. The molecule has 1 heterocycles. The molecular formula is C23H22BrNO3. The first-order valence-electron chi connectivity index (χ1n) is 9.40. The van der Waals surface area contributed by atoms with Crippen LogP contribution in [0.1, 0.15) is 28.8 Å². The second-order valence-corrected chi connectivity index (χ2v) is 8.38. The van der Waals surface area contributed by atoms with Crippen LogP contribution in [-0.4, -0.2) is 40.7 Å². The lowest BCUT2D eigenvalue weighted by Crippen LogP contribution is -2.42. The zero-order valence-electron chi connectivity index (χ0n) is 15.8. The van der Waals surface area contributed by atoms with Crippen LogP contribution in [0.2, 0.25) is 0 Å². The quantitative estimate of drug-likeness (QED) is 0.398. The molecule has 4 nitrogen and oxygen atoms in total. The highest BCUT2D eigenvalue weighted by Gasteiger charge is 2.60. The summed E-state index contributed by atoms with van der Waals surface area (Å²) in [7, 11) is 1.39. The maximum atomic E-state index is 13.4. The van der Waals surface area contributed by atoms with E-state index in [2.05, 4.69) is 28.1 Å². The van der Waals surface area contributed by atoms with E-state index in [1.165, 1.54) is 7.11 Å². The van der Waals surface area contributed by atoms with E-state index in [1.54, 1.807) is 0 Å². The molecule has 1 aliphatic heterocycles. The second kappa shape index (κ2) is 7.55. The highest BCUT2D eigenvalue weighted by molar-refractivity contribution is 9.09. The number of fused-ring (bicyclic) bond motifs is 1. The number of hydrogen-bond donors (Lipinski definition) is 0. The summed E-state index contributed by atoms with van der Waals surface area (Å²) in [6, 6.07) is 19.2. The second-order valence-electron chi connectivity index (χ2n) is 7.33. The number of rotatable bonds is 5. The molecule has 0 spiro atoms. The summed E-state index contributed by atoms with van der Waals surface area (Å²) < 4.78 is 4.95. The van der Waals surface area contributed by atoms with Gasteiger partial charge in [0.2, 0.25) is 0 Å². The average Bonchev–Trinajstić information content (AvgIpc) is 3.43. The molecule has 0 radical (unpaired) electrons. The fourth-order valence-electron chi connectivity index (χ4n) is 4.24. The first-order chi connectivity index (χ1) is 13.5. The van der Waals surface area contributed by atoms with Crippen molar-refractivity contribution in [3.63, 3.8) is 0 Å². The van der Waals surface area contributed by atoms with Gasteiger partial charge in [-0.3, -0.25) is 4.79 Å². The Labute approximate surface area is 173 Å². The van der Waals surface area contributed by atoms with Crippen LogP contribution in [0.3, 0.4) is 0 Å². The van der Waals surface area contributed by atoms with Gasteiger partial charge in [0, 0.05) is 40.0 Å². The summed E-state index contributed by atoms with van der Waals surface area (Å²) in [6.07, 6.45) is 1.89. The van der Waals surface area contributed by atoms with E-state index >= 15 is 0 Å². The van der Waals surface area contributed by atoms with E-state index in [0.717, 1.165) is 11.1 Å². The van der Waals surface area contributed by atoms with Gasteiger partial charge in [0.25, 0.3) is 0 Å². The fourth-order valence-corrected chi connectivity index (χ4v) is 5.31. The van der Waals surface area contributed by atoms with Gasteiger partial charge in [-0.05, 0) is 12.5 Å². The number of hydrogen-bond acceptors (Lipinski definition) is 4. The Balaban J connectivity index is 1.80. The predicted octanol–water partition coefficient (Wildman–Crippen LogP) is 4.18. The van der Waals surface area contributed by atoms with Gasteiger partial charge < -0.3 is 9.64 Å². The first kappa shape index (κ1) is 18.9. The summed E-state index contributed by atoms with van der Waals surface area (Å²) in [4.78, 5) is 27.8.